The molecule has 1 fully saturated rings. The average molecular weight is 259 g/mol. The Hall–Kier alpha value is -1.88. The molecular formula is C14H17N3O2. The molecule has 0 spiro atoms. The highest BCUT2D eigenvalue weighted by Gasteiger charge is 2.16. The summed E-state index contributed by atoms with van der Waals surface area (Å²) in [5, 5.41) is 3.05. The molecule has 0 unspecified atom stereocenters. The van der Waals surface area contributed by atoms with Gasteiger partial charge in [0.15, 0.2) is 0 Å². The minimum atomic E-state index is 0.0371. The van der Waals surface area contributed by atoms with Gasteiger partial charge in [-0.15, -0.1) is 0 Å². The number of nitrogens with one attached hydrogen (secondary N) is 1. The number of amides is 1. The lowest BCUT2D eigenvalue weighted by molar-refractivity contribution is -0.122. The number of para-hydroxylation sites is 2. The summed E-state index contributed by atoms with van der Waals surface area (Å²) in [4.78, 5) is 16.3. The number of benzene rings is 1. The molecular weight excluding hydrogens is 242 g/mol. The van der Waals surface area contributed by atoms with Crippen LogP contribution in [-0.4, -0.2) is 34.7 Å². The summed E-state index contributed by atoms with van der Waals surface area (Å²) in [5.74, 6) is 0.0371. The first-order valence-electron chi connectivity index (χ1n) is 6.60. The molecule has 1 N–H and O–H groups in total. The highest BCUT2D eigenvalue weighted by atomic mass is 16.5. The normalized spacial score (nSPS) is 16.6. The molecule has 3 rings (SSSR count). The second-order valence-electron chi connectivity index (χ2n) is 4.82. The summed E-state index contributed by atoms with van der Waals surface area (Å²) in [6.07, 6.45) is 3.51. The predicted octanol–water partition coefficient (Wildman–Crippen LogP) is 1.33. The molecule has 0 bridgehead atoms. The van der Waals surface area contributed by atoms with Crippen molar-refractivity contribution >= 4 is 16.9 Å². The van der Waals surface area contributed by atoms with Crippen molar-refractivity contribution in [2.75, 3.05) is 13.2 Å². The lowest BCUT2D eigenvalue weighted by Gasteiger charge is -2.23. The van der Waals surface area contributed by atoms with Gasteiger partial charge in [-0.3, -0.25) is 4.79 Å². The number of imidazole rings is 1. The number of carbonyl (C=O) groups is 1. The molecule has 1 saturated heterocycles. The van der Waals surface area contributed by atoms with Crippen LogP contribution in [-0.2, 0) is 16.1 Å². The third-order valence-corrected chi connectivity index (χ3v) is 3.43. The van der Waals surface area contributed by atoms with Crippen LogP contribution in [0.5, 0.6) is 0 Å². The molecule has 1 aromatic carbocycles. The Morgan fingerprint density at radius 3 is 3.00 bits per heavy atom. The monoisotopic (exact) mass is 259 g/mol. The summed E-state index contributed by atoms with van der Waals surface area (Å²) >= 11 is 0. The topological polar surface area (TPSA) is 56.2 Å². The number of fused-ring (bicyclic) bond motifs is 1. The molecule has 1 amide bonds. The molecule has 1 aliphatic heterocycles. The van der Waals surface area contributed by atoms with Gasteiger partial charge < -0.3 is 14.6 Å². The Kier molecular flexibility index (Phi) is 3.46. The van der Waals surface area contributed by atoms with Gasteiger partial charge in [0.25, 0.3) is 0 Å². The largest absolute Gasteiger partial charge is 0.381 e. The van der Waals surface area contributed by atoms with Crippen molar-refractivity contribution in [1.82, 2.24) is 14.9 Å². The zero-order valence-electron chi connectivity index (χ0n) is 10.7. The number of hydrogen-bond acceptors (Lipinski definition) is 3. The average Bonchev–Trinajstić information content (AvgIpc) is 2.83. The minimum absolute atomic E-state index is 0.0371. The van der Waals surface area contributed by atoms with E-state index in [9.17, 15) is 4.79 Å². The van der Waals surface area contributed by atoms with Crippen LogP contribution < -0.4 is 5.32 Å². The van der Waals surface area contributed by atoms with Gasteiger partial charge in [0.05, 0.1) is 17.4 Å². The number of ether oxygens (including phenoxy) is 1. The van der Waals surface area contributed by atoms with E-state index < -0.39 is 0 Å². The number of rotatable bonds is 3. The number of hydrogen-bond donors (Lipinski definition) is 1. The van der Waals surface area contributed by atoms with Crippen LogP contribution in [0.15, 0.2) is 30.6 Å². The fourth-order valence-electron chi connectivity index (χ4n) is 2.41. The van der Waals surface area contributed by atoms with E-state index in [1.807, 2.05) is 28.8 Å². The maximum Gasteiger partial charge on any atom is 0.240 e. The first kappa shape index (κ1) is 12.2. The second kappa shape index (κ2) is 5.40. The molecule has 1 aliphatic rings. The van der Waals surface area contributed by atoms with Crippen LogP contribution >= 0.6 is 0 Å². The molecule has 100 valence electrons. The molecule has 2 aromatic rings. The maximum absolute atomic E-state index is 12.0. The van der Waals surface area contributed by atoms with E-state index in [0.717, 1.165) is 37.1 Å². The summed E-state index contributed by atoms with van der Waals surface area (Å²) in [6, 6.07) is 8.07. The van der Waals surface area contributed by atoms with Crippen LogP contribution in [0.25, 0.3) is 11.0 Å². The quantitative estimate of drug-likeness (QED) is 0.904. The van der Waals surface area contributed by atoms with Crippen molar-refractivity contribution in [3.05, 3.63) is 30.6 Å². The molecule has 0 saturated carbocycles. The Balaban J connectivity index is 1.65. The lowest BCUT2D eigenvalue weighted by atomic mass is 10.1. The molecule has 0 atom stereocenters. The summed E-state index contributed by atoms with van der Waals surface area (Å²) in [6.45, 7) is 1.79. The van der Waals surface area contributed by atoms with Gasteiger partial charge in [-0.2, -0.15) is 0 Å². The van der Waals surface area contributed by atoms with Gasteiger partial charge in [-0.25, -0.2) is 4.98 Å². The van der Waals surface area contributed by atoms with Crippen molar-refractivity contribution < 1.29 is 9.53 Å². The number of aromatic nitrogens is 2. The van der Waals surface area contributed by atoms with Crippen LogP contribution in [0.2, 0.25) is 0 Å². The molecule has 5 nitrogen and oxygen atoms in total. The first-order chi connectivity index (χ1) is 9.33. The summed E-state index contributed by atoms with van der Waals surface area (Å²) in [7, 11) is 0. The van der Waals surface area contributed by atoms with Gasteiger partial charge in [0, 0.05) is 19.3 Å². The highest BCUT2D eigenvalue weighted by molar-refractivity contribution is 5.80. The number of carbonyl (C=O) groups excluding carboxylic acids is 1. The molecule has 19 heavy (non-hydrogen) atoms. The summed E-state index contributed by atoms with van der Waals surface area (Å²) < 4.78 is 7.16. The van der Waals surface area contributed by atoms with Crippen molar-refractivity contribution in [2.45, 2.75) is 25.4 Å². The van der Waals surface area contributed by atoms with Crippen LogP contribution in [0.1, 0.15) is 12.8 Å². The SMILES string of the molecule is O=C(Cn1cnc2ccccc21)NC1CCOCC1. The predicted molar refractivity (Wildman–Crippen MR) is 71.7 cm³/mol. The van der Waals surface area contributed by atoms with Crippen molar-refractivity contribution in [3.63, 3.8) is 0 Å². The van der Waals surface area contributed by atoms with Gasteiger partial charge >= 0.3 is 0 Å². The Morgan fingerprint density at radius 1 is 1.37 bits per heavy atom. The van der Waals surface area contributed by atoms with Crippen molar-refractivity contribution in [2.24, 2.45) is 0 Å². The van der Waals surface area contributed by atoms with Crippen LogP contribution in [0, 0.1) is 0 Å². The zero-order chi connectivity index (χ0) is 13.1. The molecule has 0 radical (unpaired) electrons. The smallest absolute Gasteiger partial charge is 0.240 e. The molecule has 2 heterocycles. The standard InChI is InChI=1S/C14H17N3O2/c18-14(16-11-5-7-19-8-6-11)9-17-10-15-12-3-1-2-4-13(12)17/h1-4,10-11H,5-9H2,(H,16,18). The van der Waals surface area contributed by atoms with Gasteiger partial charge in [0.1, 0.15) is 6.54 Å². The molecule has 0 aliphatic carbocycles. The number of nitrogens with zero attached hydrogens (tertiary/aromatic N) is 2. The fraction of sp³-hybridized carbons (Fsp3) is 0.429. The minimum Gasteiger partial charge on any atom is -0.381 e. The van der Waals surface area contributed by atoms with E-state index in [2.05, 4.69) is 10.3 Å². The third-order valence-electron chi connectivity index (χ3n) is 3.43. The lowest BCUT2D eigenvalue weighted by Crippen LogP contribution is -2.40. The third kappa shape index (κ3) is 2.76. The first-order valence-corrected chi connectivity index (χ1v) is 6.60. The second-order valence-corrected chi connectivity index (χ2v) is 4.82. The highest BCUT2D eigenvalue weighted by Crippen LogP contribution is 2.12. The van der Waals surface area contributed by atoms with E-state index in [1.165, 1.54) is 0 Å². The Morgan fingerprint density at radius 2 is 2.16 bits per heavy atom. The van der Waals surface area contributed by atoms with Gasteiger partial charge in [-0.1, -0.05) is 12.1 Å². The summed E-state index contributed by atoms with van der Waals surface area (Å²) in [5.41, 5.74) is 1.91. The Labute approximate surface area is 111 Å². The maximum atomic E-state index is 12.0. The zero-order valence-corrected chi connectivity index (χ0v) is 10.7. The van der Waals surface area contributed by atoms with E-state index in [1.54, 1.807) is 6.33 Å². The Bertz CT molecular complexity index is 573. The van der Waals surface area contributed by atoms with Crippen molar-refractivity contribution in [3.8, 4) is 0 Å². The van der Waals surface area contributed by atoms with Gasteiger partial charge in [-0.05, 0) is 25.0 Å². The van der Waals surface area contributed by atoms with E-state index in [4.69, 9.17) is 4.74 Å². The molecule has 1 aromatic heterocycles. The van der Waals surface area contributed by atoms with E-state index >= 15 is 0 Å². The van der Waals surface area contributed by atoms with Crippen LogP contribution in [0.4, 0.5) is 0 Å². The molecule has 5 heteroatoms. The van der Waals surface area contributed by atoms with Crippen molar-refractivity contribution in [1.29, 1.82) is 0 Å². The van der Waals surface area contributed by atoms with E-state index in [-0.39, 0.29) is 11.9 Å². The van der Waals surface area contributed by atoms with E-state index in [0.29, 0.717) is 6.54 Å². The van der Waals surface area contributed by atoms with Crippen LogP contribution in [0.3, 0.4) is 0 Å². The van der Waals surface area contributed by atoms with Gasteiger partial charge in [0.2, 0.25) is 5.91 Å². The fourth-order valence-corrected chi connectivity index (χ4v) is 2.41.